The van der Waals surface area contributed by atoms with E-state index in [0.717, 1.165) is 11.1 Å². The Bertz CT molecular complexity index is 810. The SMILES string of the molecule is COC(=O)Cc1nc(-c2ccc(Cl)cc2)oc1-c1ccccc1. The van der Waals surface area contributed by atoms with Gasteiger partial charge in [0.25, 0.3) is 0 Å². The fourth-order valence-corrected chi connectivity index (χ4v) is 2.34. The van der Waals surface area contributed by atoms with Gasteiger partial charge in [-0.15, -0.1) is 0 Å². The van der Waals surface area contributed by atoms with Crippen molar-refractivity contribution in [2.24, 2.45) is 0 Å². The number of halogens is 1. The van der Waals surface area contributed by atoms with Gasteiger partial charge in [-0.2, -0.15) is 0 Å². The molecule has 23 heavy (non-hydrogen) atoms. The highest BCUT2D eigenvalue weighted by Gasteiger charge is 2.19. The highest BCUT2D eigenvalue weighted by molar-refractivity contribution is 6.30. The first-order valence-corrected chi connectivity index (χ1v) is 7.43. The van der Waals surface area contributed by atoms with Crippen LogP contribution in [0.15, 0.2) is 59.0 Å². The van der Waals surface area contributed by atoms with Crippen molar-refractivity contribution in [1.82, 2.24) is 4.98 Å². The van der Waals surface area contributed by atoms with Crippen LogP contribution < -0.4 is 0 Å². The Morgan fingerprint density at radius 2 is 1.78 bits per heavy atom. The molecule has 1 heterocycles. The number of aromatic nitrogens is 1. The van der Waals surface area contributed by atoms with Crippen LogP contribution in [0, 0.1) is 0 Å². The molecule has 5 heteroatoms. The summed E-state index contributed by atoms with van der Waals surface area (Å²) >= 11 is 5.91. The molecule has 1 aromatic heterocycles. The lowest BCUT2D eigenvalue weighted by Crippen LogP contribution is -2.05. The molecular weight excluding hydrogens is 314 g/mol. The Labute approximate surface area is 138 Å². The van der Waals surface area contributed by atoms with Crippen molar-refractivity contribution in [3.63, 3.8) is 0 Å². The average molecular weight is 328 g/mol. The fourth-order valence-electron chi connectivity index (χ4n) is 2.21. The molecule has 0 N–H and O–H groups in total. The standard InChI is InChI=1S/C18H14ClNO3/c1-22-16(21)11-15-17(12-5-3-2-4-6-12)23-18(20-15)13-7-9-14(19)10-8-13/h2-10H,11H2,1H3. The van der Waals surface area contributed by atoms with Crippen LogP contribution in [0.2, 0.25) is 5.02 Å². The minimum Gasteiger partial charge on any atom is -0.469 e. The number of rotatable bonds is 4. The molecule has 0 unspecified atom stereocenters. The third-order valence-corrected chi connectivity index (χ3v) is 3.62. The lowest BCUT2D eigenvalue weighted by molar-refractivity contribution is -0.139. The predicted octanol–water partition coefficient (Wildman–Crippen LogP) is 4.38. The van der Waals surface area contributed by atoms with Crippen LogP contribution in [0.5, 0.6) is 0 Å². The Morgan fingerprint density at radius 3 is 2.43 bits per heavy atom. The summed E-state index contributed by atoms with van der Waals surface area (Å²) in [5.41, 5.74) is 2.20. The van der Waals surface area contributed by atoms with Crippen molar-refractivity contribution in [3.8, 4) is 22.8 Å². The molecule has 2 aromatic carbocycles. The molecule has 116 valence electrons. The van der Waals surface area contributed by atoms with Gasteiger partial charge in [-0.1, -0.05) is 41.9 Å². The zero-order chi connectivity index (χ0) is 16.2. The normalized spacial score (nSPS) is 10.5. The maximum Gasteiger partial charge on any atom is 0.311 e. The Morgan fingerprint density at radius 1 is 1.09 bits per heavy atom. The number of benzene rings is 2. The number of esters is 1. The van der Waals surface area contributed by atoms with Gasteiger partial charge >= 0.3 is 5.97 Å². The van der Waals surface area contributed by atoms with Gasteiger partial charge in [0.15, 0.2) is 5.76 Å². The lowest BCUT2D eigenvalue weighted by Gasteiger charge is -2.00. The zero-order valence-electron chi connectivity index (χ0n) is 12.5. The summed E-state index contributed by atoms with van der Waals surface area (Å²) in [6.45, 7) is 0. The van der Waals surface area contributed by atoms with Crippen LogP contribution in [0.1, 0.15) is 5.69 Å². The third kappa shape index (κ3) is 3.43. The van der Waals surface area contributed by atoms with Crippen molar-refractivity contribution >= 4 is 17.6 Å². The maximum absolute atomic E-state index is 11.6. The number of methoxy groups -OCH3 is 1. The van der Waals surface area contributed by atoms with Gasteiger partial charge in [-0.25, -0.2) is 4.98 Å². The predicted molar refractivity (Wildman–Crippen MR) is 88.1 cm³/mol. The number of ether oxygens (including phenoxy) is 1. The summed E-state index contributed by atoms with van der Waals surface area (Å²) in [5.74, 6) is 0.651. The van der Waals surface area contributed by atoms with E-state index >= 15 is 0 Å². The second kappa shape index (κ2) is 6.67. The molecule has 0 bridgehead atoms. The third-order valence-electron chi connectivity index (χ3n) is 3.36. The van der Waals surface area contributed by atoms with E-state index in [4.69, 9.17) is 20.8 Å². The molecule has 0 aliphatic carbocycles. The second-order valence-corrected chi connectivity index (χ2v) is 5.36. The molecule has 0 aliphatic rings. The highest BCUT2D eigenvalue weighted by Crippen LogP contribution is 2.30. The molecule has 0 radical (unpaired) electrons. The number of carbonyl (C=O) groups excluding carboxylic acids is 1. The Kier molecular flexibility index (Phi) is 4.44. The quantitative estimate of drug-likeness (QED) is 0.667. The minimum atomic E-state index is -0.363. The van der Waals surface area contributed by atoms with E-state index in [1.807, 2.05) is 42.5 Å². The van der Waals surface area contributed by atoms with Crippen LogP contribution >= 0.6 is 11.6 Å². The average Bonchev–Trinajstić information content (AvgIpc) is 3.00. The van der Waals surface area contributed by atoms with Gasteiger partial charge in [0, 0.05) is 16.1 Å². The van der Waals surface area contributed by atoms with E-state index in [9.17, 15) is 4.79 Å². The van der Waals surface area contributed by atoms with E-state index < -0.39 is 0 Å². The first-order valence-electron chi connectivity index (χ1n) is 7.05. The smallest absolute Gasteiger partial charge is 0.311 e. The second-order valence-electron chi connectivity index (χ2n) is 4.92. The molecule has 0 amide bonds. The van der Waals surface area contributed by atoms with Gasteiger partial charge in [0.1, 0.15) is 0 Å². The van der Waals surface area contributed by atoms with Gasteiger partial charge in [-0.3, -0.25) is 4.79 Å². The lowest BCUT2D eigenvalue weighted by atomic mass is 10.1. The zero-order valence-corrected chi connectivity index (χ0v) is 13.2. The summed E-state index contributed by atoms with van der Waals surface area (Å²) in [5, 5.41) is 0.637. The minimum absolute atomic E-state index is 0.0534. The summed E-state index contributed by atoms with van der Waals surface area (Å²) < 4.78 is 10.6. The number of hydrogen-bond donors (Lipinski definition) is 0. The van der Waals surface area contributed by atoms with Gasteiger partial charge in [-0.05, 0) is 24.3 Å². The van der Waals surface area contributed by atoms with Crippen molar-refractivity contribution < 1.29 is 13.9 Å². The summed E-state index contributed by atoms with van der Waals surface area (Å²) in [7, 11) is 1.35. The van der Waals surface area contributed by atoms with Crippen LogP contribution in [-0.4, -0.2) is 18.1 Å². The van der Waals surface area contributed by atoms with Gasteiger partial charge in [0.05, 0.1) is 19.2 Å². The van der Waals surface area contributed by atoms with E-state index in [0.29, 0.717) is 22.4 Å². The molecule has 3 aromatic rings. The van der Waals surface area contributed by atoms with Gasteiger partial charge in [0.2, 0.25) is 5.89 Å². The molecule has 0 saturated carbocycles. The van der Waals surface area contributed by atoms with Crippen molar-refractivity contribution in [3.05, 3.63) is 65.3 Å². The summed E-state index contributed by atoms with van der Waals surface area (Å²) in [6.07, 6.45) is 0.0534. The van der Waals surface area contributed by atoms with E-state index in [1.54, 1.807) is 12.1 Å². The highest BCUT2D eigenvalue weighted by atomic mass is 35.5. The van der Waals surface area contributed by atoms with Crippen LogP contribution in [0.4, 0.5) is 0 Å². The molecule has 0 fully saturated rings. The number of nitrogens with zero attached hydrogens (tertiary/aromatic N) is 1. The largest absolute Gasteiger partial charge is 0.469 e. The van der Waals surface area contributed by atoms with Crippen LogP contribution in [0.3, 0.4) is 0 Å². The molecule has 0 atom stereocenters. The molecule has 0 aliphatic heterocycles. The molecule has 4 nitrogen and oxygen atoms in total. The van der Waals surface area contributed by atoms with Crippen molar-refractivity contribution in [2.75, 3.05) is 7.11 Å². The van der Waals surface area contributed by atoms with Crippen LogP contribution in [-0.2, 0) is 16.0 Å². The van der Waals surface area contributed by atoms with E-state index in [-0.39, 0.29) is 12.4 Å². The number of hydrogen-bond acceptors (Lipinski definition) is 4. The molecule has 0 saturated heterocycles. The molecular formula is C18H14ClNO3. The molecule has 3 rings (SSSR count). The van der Waals surface area contributed by atoms with E-state index in [2.05, 4.69) is 4.98 Å². The van der Waals surface area contributed by atoms with Crippen molar-refractivity contribution in [1.29, 1.82) is 0 Å². The monoisotopic (exact) mass is 327 g/mol. The number of oxazole rings is 1. The van der Waals surface area contributed by atoms with Crippen LogP contribution in [0.25, 0.3) is 22.8 Å². The van der Waals surface area contributed by atoms with Crippen molar-refractivity contribution in [2.45, 2.75) is 6.42 Å². The molecule has 0 spiro atoms. The summed E-state index contributed by atoms with van der Waals surface area (Å²) in [4.78, 5) is 16.1. The summed E-state index contributed by atoms with van der Waals surface area (Å²) in [6, 6.07) is 16.7. The first kappa shape index (κ1) is 15.3. The first-order chi connectivity index (χ1) is 11.2. The number of carbonyl (C=O) groups is 1. The maximum atomic E-state index is 11.6. The Hall–Kier alpha value is -2.59. The fraction of sp³-hybridized carbons (Fsp3) is 0.111. The van der Waals surface area contributed by atoms with Gasteiger partial charge < -0.3 is 9.15 Å². The topological polar surface area (TPSA) is 52.3 Å². The van der Waals surface area contributed by atoms with E-state index in [1.165, 1.54) is 7.11 Å². The Balaban J connectivity index is 2.06.